The lowest BCUT2D eigenvalue weighted by molar-refractivity contribution is 0.209. The number of nitrogens with zero attached hydrogens (tertiary/aromatic N) is 2. The lowest BCUT2D eigenvalue weighted by Gasteiger charge is -2.13. The third-order valence-electron chi connectivity index (χ3n) is 1.68. The molecule has 1 aromatic heterocycles. The minimum atomic E-state index is 0.193. The van der Waals surface area contributed by atoms with Crippen LogP contribution in [0.1, 0.15) is 13.3 Å². The van der Waals surface area contributed by atoms with E-state index in [9.17, 15) is 0 Å². The molecule has 1 unspecified atom stereocenters. The second-order valence-corrected chi connectivity index (χ2v) is 2.89. The Morgan fingerprint density at radius 2 is 2.15 bits per heavy atom. The van der Waals surface area contributed by atoms with Gasteiger partial charge in [-0.25, -0.2) is 9.97 Å². The van der Waals surface area contributed by atoms with Crippen LogP contribution in [0, 0.1) is 0 Å². The highest BCUT2D eigenvalue weighted by molar-refractivity contribution is 5.10. The molecule has 1 N–H and O–H groups in total. The van der Waals surface area contributed by atoms with Gasteiger partial charge in [-0.05, 0) is 26.9 Å². The number of ether oxygens (including phenoxy) is 1. The lowest BCUT2D eigenvalue weighted by atomic mass is 10.3. The van der Waals surface area contributed by atoms with Gasteiger partial charge < -0.3 is 10.1 Å². The highest BCUT2D eigenvalue weighted by Gasteiger charge is 2.02. The molecule has 0 spiro atoms. The molecule has 0 bridgehead atoms. The predicted molar refractivity (Wildman–Crippen MR) is 50.7 cm³/mol. The fraction of sp³-hybridized carbons (Fsp3) is 0.556. The summed E-state index contributed by atoms with van der Waals surface area (Å²) < 4.78 is 5.55. The Kier molecular flexibility index (Phi) is 4.18. The molecular formula is C9H15N3O. The van der Waals surface area contributed by atoms with E-state index in [1.165, 1.54) is 6.33 Å². The van der Waals surface area contributed by atoms with Crippen molar-refractivity contribution in [3.8, 4) is 5.75 Å². The second-order valence-electron chi connectivity index (χ2n) is 2.89. The third-order valence-corrected chi connectivity index (χ3v) is 1.68. The van der Waals surface area contributed by atoms with Gasteiger partial charge in [-0.2, -0.15) is 0 Å². The zero-order valence-electron chi connectivity index (χ0n) is 8.03. The molecule has 4 heteroatoms. The Hall–Kier alpha value is -1.16. The molecule has 0 saturated carbocycles. The van der Waals surface area contributed by atoms with Gasteiger partial charge in [0.2, 0.25) is 0 Å². The first-order valence-corrected chi connectivity index (χ1v) is 4.39. The molecule has 72 valence electrons. The van der Waals surface area contributed by atoms with Crippen LogP contribution in [-0.2, 0) is 0 Å². The maximum atomic E-state index is 5.55. The fourth-order valence-electron chi connectivity index (χ4n) is 0.985. The molecule has 0 radical (unpaired) electrons. The van der Waals surface area contributed by atoms with Gasteiger partial charge in [0, 0.05) is 0 Å². The highest BCUT2D eigenvalue weighted by atomic mass is 16.5. The van der Waals surface area contributed by atoms with E-state index in [0.717, 1.165) is 18.7 Å². The monoisotopic (exact) mass is 181 g/mol. The molecule has 0 saturated heterocycles. The van der Waals surface area contributed by atoms with Crippen LogP contribution in [0.3, 0.4) is 0 Å². The van der Waals surface area contributed by atoms with Gasteiger partial charge in [-0.3, -0.25) is 0 Å². The molecule has 0 aromatic carbocycles. The van der Waals surface area contributed by atoms with Crippen molar-refractivity contribution in [1.82, 2.24) is 15.3 Å². The summed E-state index contributed by atoms with van der Waals surface area (Å²) in [4.78, 5) is 7.73. The molecular weight excluding hydrogens is 166 g/mol. The van der Waals surface area contributed by atoms with Crippen LogP contribution in [0.15, 0.2) is 18.7 Å². The van der Waals surface area contributed by atoms with E-state index in [2.05, 4.69) is 15.3 Å². The fourth-order valence-corrected chi connectivity index (χ4v) is 0.985. The van der Waals surface area contributed by atoms with Crippen LogP contribution in [0.2, 0.25) is 0 Å². The largest absolute Gasteiger partial charge is 0.487 e. The zero-order valence-corrected chi connectivity index (χ0v) is 8.03. The van der Waals surface area contributed by atoms with Crippen LogP contribution >= 0.6 is 0 Å². The second kappa shape index (κ2) is 5.48. The summed E-state index contributed by atoms with van der Waals surface area (Å²) >= 11 is 0. The zero-order chi connectivity index (χ0) is 9.52. The van der Waals surface area contributed by atoms with Crippen molar-refractivity contribution in [3.05, 3.63) is 18.7 Å². The van der Waals surface area contributed by atoms with E-state index >= 15 is 0 Å². The van der Waals surface area contributed by atoms with Gasteiger partial charge >= 0.3 is 0 Å². The van der Waals surface area contributed by atoms with Crippen molar-refractivity contribution < 1.29 is 4.74 Å². The van der Waals surface area contributed by atoms with Crippen molar-refractivity contribution in [2.45, 2.75) is 19.4 Å². The van der Waals surface area contributed by atoms with Crippen LogP contribution in [-0.4, -0.2) is 29.7 Å². The van der Waals surface area contributed by atoms with E-state index in [4.69, 9.17) is 4.74 Å². The molecule has 0 fully saturated rings. The molecule has 4 nitrogen and oxygen atoms in total. The average molecular weight is 181 g/mol. The Balaban J connectivity index is 2.32. The van der Waals surface area contributed by atoms with Crippen LogP contribution in [0.5, 0.6) is 5.75 Å². The van der Waals surface area contributed by atoms with Crippen LogP contribution in [0.25, 0.3) is 0 Å². The van der Waals surface area contributed by atoms with E-state index < -0.39 is 0 Å². The van der Waals surface area contributed by atoms with E-state index in [1.54, 1.807) is 12.4 Å². The standard InChI is InChI=1S/C9H15N3O/c1-8(3-4-10-2)13-9-5-11-7-12-6-9/h5-8,10H,3-4H2,1-2H3. The van der Waals surface area contributed by atoms with Gasteiger partial charge in [0.25, 0.3) is 0 Å². The molecule has 0 aliphatic carbocycles. The SMILES string of the molecule is CNCCC(C)Oc1cncnc1. The quantitative estimate of drug-likeness (QED) is 0.731. The summed E-state index contributed by atoms with van der Waals surface area (Å²) in [7, 11) is 1.93. The van der Waals surface area contributed by atoms with Crippen molar-refractivity contribution >= 4 is 0 Å². The first-order valence-electron chi connectivity index (χ1n) is 4.39. The molecule has 1 heterocycles. The number of hydrogen-bond acceptors (Lipinski definition) is 4. The van der Waals surface area contributed by atoms with E-state index in [-0.39, 0.29) is 6.10 Å². The first-order chi connectivity index (χ1) is 6.33. The maximum absolute atomic E-state index is 5.55. The van der Waals surface area contributed by atoms with Crippen molar-refractivity contribution in [2.75, 3.05) is 13.6 Å². The number of aromatic nitrogens is 2. The first kappa shape index (κ1) is 9.92. The number of hydrogen-bond donors (Lipinski definition) is 1. The third kappa shape index (κ3) is 3.85. The van der Waals surface area contributed by atoms with Gasteiger partial charge in [0.1, 0.15) is 6.33 Å². The summed E-state index contributed by atoms with van der Waals surface area (Å²) in [5.41, 5.74) is 0. The smallest absolute Gasteiger partial charge is 0.156 e. The number of rotatable bonds is 5. The maximum Gasteiger partial charge on any atom is 0.156 e. The minimum absolute atomic E-state index is 0.193. The summed E-state index contributed by atoms with van der Waals surface area (Å²) in [5.74, 6) is 0.728. The van der Waals surface area contributed by atoms with Crippen molar-refractivity contribution in [3.63, 3.8) is 0 Å². The van der Waals surface area contributed by atoms with Crippen LogP contribution in [0.4, 0.5) is 0 Å². The van der Waals surface area contributed by atoms with Gasteiger partial charge in [-0.1, -0.05) is 0 Å². The minimum Gasteiger partial charge on any atom is -0.487 e. The molecule has 1 aromatic rings. The van der Waals surface area contributed by atoms with Gasteiger partial charge in [0.15, 0.2) is 5.75 Å². The Morgan fingerprint density at radius 1 is 1.46 bits per heavy atom. The van der Waals surface area contributed by atoms with E-state index in [1.807, 2.05) is 14.0 Å². The topological polar surface area (TPSA) is 47.0 Å². The van der Waals surface area contributed by atoms with Gasteiger partial charge in [-0.15, -0.1) is 0 Å². The summed E-state index contributed by atoms with van der Waals surface area (Å²) in [6, 6.07) is 0. The summed E-state index contributed by atoms with van der Waals surface area (Å²) in [6.07, 6.45) is 6.00. The molecule has 0 aliphatic rings. The molecule has 0 amide bonds. The predicted octanol–water partition coefficient (Wildman–Crippen LogP) is 0.853. The van der Waals surface area contributed by atoms with Gasteiger partial charge in [0.05, 0.1) is 18.5 Å². The summed E-state index contributed by atoms with van der Waals surface area (Å²) in [5, 5.41) is 3.07. The van der Waals surface area contributed by atoms with E-state index in [0.29, 0.717) is 0 Å². The molecule has 13 heavy (non-hydrogen) atoms. The van der Waals surface area contributed by atoms with Crippen molar-refractivity contribution in [2.24, 2.45) is 0 Å². The number of nitrogens with one attached hydrogen (secondary N) is 1. The van der Waals surface area contributed by atoms with Crippen molar-refractivity contribution in [1.29, 1.82) is 0 Å². The Labute approximate surface area is 78.4 Å². The summed E-state index contributed by atoms with van der Waals surface area (Å²) in [6.45, 7) is 2.99. The normalized spacial score (nSPS) is 12.5. The van der Waals surface area contributed by atoms with Crippen LogP contribution < -0.4 is 10.1 Å². The average Bonchev–Trinajstić information content (AvgIpc) is 2.16. The lowest BCUT2D eigenvalue weighted by Crippen LogP contribution is -2.19. The molecule has 1 atom stereocenters. The molecule has 1 rings (SSSR count). The highest BCUT2D eigenvalue weighted by Crippen LogP contribution is 2.08. The Morgan fingerprint density at radius 3 is 2.77 bits per heavy atom. The molecule has 0 aliphatic heterocycles. The Bertz CT molecular complexity index is 228.